The highest BCUT2D eigenvalue weighted by molar-refractivity contribution is 7.99. The summed E-state index contributed by atoms with van der Waals surface area (Å²) in [7, 11) is 0. The molecule has 5 heteroatoms. The molecule has 1 aromatic heterocycles. The van der Waals surface area contributed by atoms with Crippen molar-refractivity contribution in [1.82, 2.24) is 9.97 Å². The number of rotatable bonds is 6. The predicted molar refractivity (Wildman–Crippen MR) is 67.4 cm³/mol. The minimum atomic E-state index is 0.568. The lowest BCUT2D eigenvalue weighted by atomic mass is 10.4. The van der Waals surface area contributed by atoms with Gasteiger partial charge >= 0.3 is 0 Å². The third-order valence-corrected chi connectivity index (χ3v) is 3.56. The monoisotopic (exact) mass is 238 g/mol. The van der Waals surface area contributed by atoms with E-state index < -0.39 is 0 Å². The Hall–Kier alpha value is -0.810. The Balaban J connectivity index is 2.06. The third kappa shape index (κ3) is 3.09. The second kappa shape index (κ2) is 5.50. The van der Waals surface area contributed by atoms with Crippen LogP contribution >= 0.6 is 11.8 Å². The van der Waals surface area contributed by atoms with Crippen LogP contribution in [0.25, 0.3) is 0 Å². The first-order chi connectivity index (χ1) is 7.83. The van der Waals surface area contributed by atoms with E-state index in [4.69, 9.17) is 5.84 Å². The zero-order valence-electron chi connectivity index (χ0n) is 9.57. The average molecular weight is 238 g/mol. The Morgan fingerprint density at radius 1 is 1.50 bits per heavy atom. The molecule has 1 aromatic rings. The van der Waals surface area contributed by atoms with E-state index in [0.717, 1.165) is 22.4 Å². The molecule has 88 valence electrons. The molecular weight excluding hydrogens is 220 g/mol. The summed E-state index contributed by atoms with van der Waals surface area (Å²) in [5, 5.41) is 1.04. The molecule has 2 rings (SSSR count). The van der Waals surface area contributed by atoms with E-state index in [1.807, 2.05) is 6.07 Å². The normalized spacial score (nSPS) is 15.1. The Labute approximate surface area is 100 Å². The number of thioether (sulfide) groups is 1. The lowest BCUT2D eigenvalue weighted by molar-refractivity contribution is 0.869. The molecular formula is C11H18N4S. The van der Waals surface area contributed by atoms with Crippen LogP contribution in [0.15, 0.2) is 11.1 Å². The highest BCUT2D eigenvalue weighted by atomic mass is 32.2. The van der Waals surface area contributed by atoms with Gasteiger partial charge in [-0.3, -0.25) is 0 Å². The smallest absolute Gasteiger partial charge is 0.144 e. The molecule has 0 atom stereocenters. The van der Waals surface area contributed by atoms with Gasteiger partial charge in [0.2, 0.25) is 0 Å². The number of aromatic nitrogens is 2. The molecule has 1 fully saturated rings. The summed E-state index contributed by atoms with van der Waals surface area (Å²) >= 11 is 1.79. The van der Waals surface area contributed by atoms with Crippen LogP contribution in [-0.2, 0) is 0 Å². The van der Waals surface area contributed by atoms with Gasteiger partial charge in [0.1, 0.15) is 16.7 Å². The molecule has 0 saturated heterocycles. The molecule has 0 aromatic carbocycles. The van der Waals surface area contributed by atoms with Crippen LogP contribution < -0.4 is 11.3 Å². The minimum Gasteiger partial charge on any atom is -0.308 e. The number of nitrogens with one attached hydrogen (secondary N) is 1. The quantitative estimate of drug-likeness (QED) is 0.262. The van der Waals surface area contributed by atoms with Gasteiger partial charge in [-0.05, 0) is 25.0 Å². The fourth-order valence-electron chi connectivity index (χ4n) is 1.44. The molecule has 0 spiro atoms. The summed E-state index contributed by atoms with van der Waals surface area (Å²) in [6, 6.07) is 1.92. The SMILES string of the molecule is CCCCSc1cc(NN)nc(C2CC2)n1. The maximum absolute atomic E-state index is 5.41. The van der Waals surface area contributed by atoms with Gasteiger partial charge < -0.3 is 5.43 Å². The van der Waals surface area contributed by atoms with Crippen molar-refractivity contribution in [2.75, 3.05) is 11.2 Å². The van der Waals surface area contributed by atoms with Crippen LogP contribution in [0.1, 0.15) is 44.3 Å². The van der Waals surface area contributed by atoms with E-state index in [1.165, 1.54) is 25.7 Å². The van der Waals surface area contributed by atoms with Crippen molar-refractivity contribution in [3.8, 4) is 0 Å². The van der Waals surface area contributed by atoms with Gasteiger partial charge in [0.15, 0.2) is 0 Å². The van der Waals surface area contributed by atoms with Crippen molar-refractivity contribution in [1.29, 1.82) is 0 Å². The number of anilines is 1. The van der Waals surface area contributed by atoms with Crippen molar-refractivity contribution in [2.24, 2.45) is 5.84 Å². The molecule has 4 nitrogen and oxygen atoms in total. The average Bonchev–Trinajstić information content (AvgIpc) is 3.13. The number of unbranched alkanes of at least 4 members (excludes halogenated alkanes) is 1. The van der Waals surface area contributed by atoms with Crippen molar-refractivity contribution >= 4 is 17.6 Å². The van der Waals surface area contributed by atoms with Crippen LogP contribution in [-0.4, -0.2) is 15.7 Å². The van der Waals surface area contributed by atoms with E-state index in [-0.39, 0.29) is 0 Å². The zero-order chi connectivity index (χ0) is 11.4. The van der Waals surface area contributed by atoms with E-state index in [1.54, 1.807) is 11.8 Å². The van der Waals surface area contributed by atoms with E-state index in [2.05, 4.69) is 22.3 Å². The van der Waals surface area contributed by atoms with Crippen LogP contribution in [0.5, 0.6) is 0 Å². The maximum atomic E-state index is 5.41. The second-order valence-corrected chi connectivity index (χ2v) is 5.19. The molecule has 0 aliphatic heterocycles. The first kappa shape index (κ1) is 11.7. The Bertz CT molecular complexity index is 352. The van der Waals surface area contributed by atoms with E-state index in [0.29, 0.717) is 5.92 Å². The summed E-state index contributed by atoms with van der Waals surface area (Å²) in [6.45, 7) is 2.20. The first-order valence-corrected chi connectivity index (χ1v) is 6.80. The van der Waals surface area contributed by atoms with Gasteiger partial charge in [-0.2, -0.15) is 0 Å². The fraction of sp³-hybridized carbons (Fsp3) is 0.636. The number of hydrogen-bond donors (Lipinski definition) is 2. The second-order valence-electron chi connectivity index (χ2n) is 4.07. The van der Waals surface area contributed by atoms with Crippen molar-refractivity contribution in [3.05, 3.63) is 11.9 Å². The zero-order valence-corrected chi connectivity index (χ0v) is 10.4. The van der Waals surface area contributed by atoms with Crippen molar-refractivity contribution < 1.29 is 0 Å². The van der Waals surface area contributed by atoms with Gasteiger partial charge in [-0.1, -0.05) is 13.3 Å². The molecule has 0 unspecified atom stereocenters. The standard InChI is InChI=1S/C11H18N4S/c1-2-3-6-16-10-7-9(15-12)13-11(14-10)8-4-5-8/h7-8H,2-6,12H2,1H3,(H,13,14,15). The number of hydrogen-bond acceptors (Lipinski definition) is 5. The van der Waals surface area contributed by atoms with Crippen LogP contribution in [0.3, 0.4) is 0 Å². The Morgan fingerprint density at radius 3 is 2.94 bits per heavy atom. The van der Waals surface area contributed by atoms with Gasteiger partial charge in [0, 0.05) is 12.0 Å². The molecule has 1 heterocycles. The molecule has 1 aliphatic carbocycles. The fourth-order valence-corrected chi connectivity index (χ4v) is 2.43. The molecule has 0 bridgehead atoms. The van der Waals surface area contributed by atoms with Gasteiger partial charge in [-0.15, -0.1) is 11.8 Å². The molecule has 1 saturated carbocycles. The van der Waals surface area contributed by atoms with Gasteiger partial charge in [0.25, 0.3) is 0 Å². The summed E-state index contributed by atoms with van der Waals surface area (Å²) < 4.78 is 0. The van der Waals surface area contributed by atoms with Crippen molar-refractivity contribution in [3.63, 3.8) is 0 Å². The van der Waals surface area contributed by atoms with Crippen LogP contribution in [0, 0.1) is 0 Å². The molecule has 0 amide bonds. The largest absolute Gasteiger partial charge is 0.308 e. The highest BCUT2D eigenvalue weighted by Gasteiger charge is 2.27. The maximum Gasteiger partial charge on any atom is 0.144 e. The lowest BCUT2D eigenvalue weighted by Gasteiger charge is -2.06. The topological polar surface area (TPSA) is 63.8 Å². The number of nitrogen functional groups attached to an aromatic ring is 1. The Morgan fingerprint density at radius 2 is 2.31 bits per heavy atom. The van der Waals surface area contributed by atoms with E-state index >= 15 is 0 Å². The van der Waals surface area contributed by atoms with Crippen LogP contribution in [0.4, 0.5) is 5.82 Å². The number of hydrazine groups is 1. The summed E-state index contributed by atoms with van der Waals surface area (Å²) in [4.78, 5) is 8.95. The van der Waals surface area contributed by atoms with Gasteiger partial charge in [0.05, 0.1) is 0 Å². The van der Waals surface area contributed by atoms with E-state index in [9.17, 15) is 0 Å². The number of nitrogens with zero attached hydrogens (tertiary/aromatic N) is 2. The first-order valence-electron chi connectivity index (χ1n) is 5.82. The third-order valence-electron chi connectivity index (χ3n) is 2.56. The minimum absolute atomic E-state index is 0.568. The number of nitrogens with two attached hydrogens (primary N) is 1. The summed E-state index contributed by atoms with van der Waals surface area (Å²) in [6.07, 6.45) is 4.87. The van der Waals surface area contributed by atoms with Gasteiger partial charge in [-0.25, -0.2) is 15.8 Å². The van der Waals surface area contributed by atoms with Crippen molar-refractivity contribution in [2.45, 2.75) is 43.6 Å². The summed E-state index contributed by atoms with van der Waals surface area (Å²) in [5.74, 6) is 8.78. The predicted octanol–water partition coefficient (Wildman–Crippen LogP) is 2.53. The van der Waals surface area contributed by atoms with Crippen LogP contribution in [0.2, 0.25) is 0 Å². The lowest BCUT2D eigenvalue weighted by Crippen LogP contribution is -2.10. The molecule has 3 N–H and O–H groups in total. The highest BCUT2D eigenvalue weighted by Crippen LogP contribution is 2.39. The molecule has 16 heavy (non-hydrogen) atoms. The molecule has 1 aliphatic rings. The summed E-state index contributed by atoms with van der Waals surface area (Å²) in [5.41, 5.74) is 2.62. The molecule has 0 radical (unpaired) electrons. The Kier molecular flexibility index (Phi) is 4.01.